The summed E-state index contributed by atoms with van der Waals surface area (Å²) in [6, 6.07) is 18.0. The highest BCUT2D eigenvalue weighted by molar-refractivity contribution is 7.49. The van der Waals surface area contributed by atoms with E-state index in [0.717, 1.165) is 12.8 Å². The number of phosphoric ester groups is 1. The summed E-state index contributed by atoms with van der Waals surface area (Å²) < 4.78 is 38.7. The van der Waals surface area contributed by atoms with Gasteiger partial charge >= 0.3 is 15.6 Å². The number of rotatable bonds is 14. The zero-order valence-electron chi connectivity index (χ0n) is 18.4. The summed E-state index contributed by atoms with van der Waals surface area (Å²) in [5, 5.41) is 0. The number of benzene rings is 2. The van der Waals surface area contributed by atoms with Gasteiger partial charge < -0.3 is 23.7 Å². The standard InChI is InChI=1S/C22H31O4P.H3O4P/c1-2-3-4-5-6-7-8-15-20-24-27(23,25-21-16-11-9-12-17-21)26-22-18-13-10-14-19-22;1-5(2,3)4/h9-14,16-19H,2-8,15,20H2,1H3;(H3,1,2,3,4). The number of para-hydroxylation sites is 2. The van der Waals surface area contributed by atoms with Crippen molar-refractivity contribution in [2.24, 2.45) is 0 Å². The van der Waals surface area contributed by atoms with E-state index < -0.39 is 15.6 Å². The molecule has 32 heavy (non-hydrogen) atoms. The molecule has 0 aromatic heterocycles. The van der Waals surface area contributed by atoms with Crippen molar-refractivity contribution in [3.63, 3.8) is 0 Å². The van der Waals surface area contributed by atoms with Gasteiger partial charge in [-0.15, -0.1) is 0 Å². The van der Waals surface area contributed by atoms with Crippen molar-refractivity contribution in [2.45, 2.75) is 58.3 Å². The summed E-state index contributed by atoms with van der Waals surface area (Å²) >= 11 is 0. The average molecular weight is 488 g/mol. The molecule has 8 nitrogen and oxygen atoms in total. The number of unbranched alkanes of at least 4 members (excludes halogenated alkanes) is 7. The SMILES string of the molecule is CCCCCCCCCCOP(=O)(Oc1ccccc1)Oc1ccccc1.O=P(O)(O)O. The minimum Gasteiger partial charge on any atom is -0.395 e. The minimum absolute atomic E-state index is 0.353. The van der Waals surface area contributed by atoms with Crippen LogP contribution in [0.5, 0.6) is 11.5 Å². The Kier molecular flexibility index (Phi) is 14.2. The van der Waals surface area contributed by atoms with Crippen LogP contribution in [0.25, 0.3) is 0 Å². The molecule has 0 unspecified atom stereocenters. The molecule has 0 fully saturated rings. The van der Waals surface area contributed by atoms with Gasteiger partial charge in [0.25, 0.3) is 0 Å². The van der Waals surface area contributed by atoms with E-state index in [9.17, 15) is 4.57 Å². The van der Waals surface area contributed by atoms with Crippen LogP contribution in [-0.4, -0.2) is 21.3 Å². The molecule has 3 N–H and O–H groups in total. The Bertz CT molecular complexity index is 757. The molecule has 0 atom stereocenters. The van der Waals surface area contributed by atoms with E-state index in [0.29, 0.717) is 18.1 Å². The van der Waals surface area contributed by atoms with Gasteiger partial charge in [-0.25, -0.2) is 9.13 Å². The van der Waals surface area contributed by atoms with Gasteiger partial charge in [-0.2, -0.15) is 0 Å². The first kappa shape index (κ1) is 28.4. The summed E-state index contributed by atoms with van der Waals surface area (Å²) in [6.07, 6.45) is 9.53. The Hall–Kier alpha value is -1.66. The smallest absolute Gasteiger partial charge is 0.395 e. The third-order valence-corrected chi connectivity index (χ3v) is 5.54. The average Bonchev–Trinajstić information content (AvgIpc) is 2.73. The van der Waals surface area contributed by atoms with Gasteiger partial charge in [0.2, 0.25) is 0 Å². The number of hydrogen-bond acceptors (Lipinski definition) is 5. The molecular weight excluding hydrogens is 454 g/mol. The fourth-order valence-corrected chi connectivity index (χ4v) is 3.96. The maximum atomic E-state index is 13.1. The molecule has 0 bridgehead atoms. The fourth-order valence-electron chi connectivity index (χ4n) is 2.70. The molecular formula is C22H34O8P2. The van der Waals surface area contributed by atoms with Crippen molar-refractivity contribution in [2.75, 3.05) is 6.61 Å². The lowest BCUT2D eigenvalue weighted by Crippen LogP contribution is -2.06. The van der Waals surface area contributed by atoms with Crippen LogP contribution in [0.4, 0.5) is 0 Å². The second-order valence-electron chi connectivity index (χ2n) is 7.08. The van der Waals surface area contributed by atoms with Gasteiger partial charge in [0, 0.05) is 0 Å². The van der Waals surface area contributed by atoms with E-state index in [1.165, 1.54) is 38.5 Å². The summed E-state index contributed by atoms with van der Waals surface area (Å²) in [5.41, 5.74) is 0. The largest absolute Gasteiger partial charge is 0.587 e. The molecule has 0 spiro atoms. The van der Waals surface area contributed by atoms with E-state index in [-0.39, 0.29) is 0 Å². The molecule has 2 rings (SSSR count). The van der Waals surface area contributed by atoms with Crippen molar-refractivity contribution in [1.29, 1.82) is 0 Å². The number of hydrogen-bond donors (Lipinski definition) is 3. The second-order valence-corrected chi connectivity index (χ2v) is 9.62. The summed E-state index contributed by atoms with van der Waals surface area (Å²) in [4.78, 5) is 21.6. The fraction of sp³-hybridized carbons (Fsp3) is 0.455. The zero-order chi connectivity index (χ0) is 23.7. The van der Waals surface area contributed by atoms with E-state index in [1.807, 2.05) is 36.4 Å². The van der Waals surface area contributed by atoms with Crippen LogP contribution < -0.4 is 9.05 Å². The lowest BCUT2D eigenvalue weighted by atomic mass is 10.1. The van der Waals surface area contributed by atoms with Crippen LogP contribution in [0.15, 0.2) is 60.7 Å². The van der Waals surface area contributed by atoms with Gasteiger partial charge in [0.15, 0.2) is 0 Å². The Morgan fingerprint density at radius 1 is 0.656 bits per heavy atom. The van der Waals surface area contributed by atoms with Crippen molar-refractivity contribution in [1.82, 2.24) is 0 Å². The highest BCUT2D eigenvalue weighted by Gasteiger charge is 2.30. The van der Waals surface area contributed by atoms with Crippen LogP contribution in [0.3, 0.4) is 0 Å². The molecule has 0 aliphatic heterocycles. The van der Waals surface area contributed by atoms with Gasteiger partial charge in [0.05, 0.1) is 6.61 Å². The van der Waals surface area contributed by atoms with Crippen molar-refractivity contribution in [3.05, 3.63) is 60.7 Å². The Balaban J connectivity index is 0.000000920. The maximum Gasteiger partial charge on any atom is 0.587 e. The van der Waals surface area contributed by atoms with Crippen LogP contribution in [0, 0.1) is 0 Å². The predicted molar refractivity (Wildman–Crippen MR) is 125 cm³/mol. The van der Waals surface area contributed by atoms with Gasteiger partial charge in [0.1, 0.15) is 11.5 Å². The van der Waals surface area contributed by atoms with Crippen molar-refractivity contribution in [3.8, 4) is 11.5 Å². The third-order valence-electron chi connectivity index (χ3n) is 4.17. The van der Waals surface area contributed by atoms with Gasteiger partial charge in [-0.1, -0.05) is 88.3 Å². The van der Waals surface area contributed by atoms with Crippen molar-refractivity contribution < 1.29 is 37.4 Å². The van der Waals surface area contributed by atoms with Gasteiger partial charge in [-0.05, 0) is 30.7 Å². The first-order valence-electron chi connectivity index (χ1n) is 10.7. The molecule has 0 saturated heterocycles. The van der Waals surface area contributed by atoms with E-state index >= 15 is 0 Å². The normalized spacial score (nSPS) is 11.4. The van der Waals surface area contributed by atoms with E-state index in [4.69, 9.17) is 32.8 Å². The van der Waals surface area contributed by atoms with Crippen LogP contribution in [0.1, 0.15) is 58.3 Å². The lowest BCUT2D eigenvalue weighted by Gasteiger charge is -2.19. The Morgan fingerprint density at radius 2 is 1.03 bits per heavy atom. The second kappa shape index (κ2) is 16.0. The van der Waals surface area contributed by atoms with Crippen molar-refractivity contribution >= 4 is 15.6 Å². The number of phosphoric acid groups is 2. The third kappa shape index (κ3) is 16.0. The van der Waals surface area contributed by atoms with E-state index in [2.05, 4.69) is 6.92 Å². The minimum atomic E-state index is -4.64. The topological polar surface area (TPSA) is 123 Å². The highest BCUT2D eigenvalue weighted by atomic mass is 31.2. The molecule has 180 valence electrons. The molecule has 0 aliphatic rings. The summed E-state index contributed by atoms with van der Waals surface area (Å²) in [6.45, 7) is 2.58. The monoisotopic (exact) mass is 488 g/mol. The quantitative estimate of drug-likeness (QED) is 0.204. The summed E-state index contributed by atoms with van der Waals surface area (Å²) in [7, 11) is -8.37. The van der Waals surface area contributed by atoms with Crippen LogP contribution in [-0.2, 0) is 13.7 Å². The lowest BCUT2D eigenvalue weighted by molar-refractivity contribution is 0.205. The summed E-state index contributed by atoms with van der Waals surface area (Å²) in [5.74, 6) is 0.931. The highest BCUT2D eigenvalue weighted by Crippen LogP contribution is 2.49. The van der Waals surface area contributed by atoms with Crippen LogP contribution >= 0.6 is 15.6 Å². The maximum absolute atomic E-state index is 13.1. The molecule has 0 saturated carbocycles. The first-order chi connectivity index (χ1) is 15.2. The molecule has 2 aromatic carbocycles. The molecule has 10 heteroatoms. The molecule has 0 radical (unpaired) electrons. The van der Waals surface area contributed by atoms with Crippen LogP contribution in [0.2, 0.25) is 0 Å². The predicted octanol–water partition coefficient (Wildman–Crippen LogP) is 6.48. The molecule has 2 aromatic rings. The molecule has 0 aliphatic carbocycles. The van der Waals surface area contributed by atoms with E-state index in [1.54, 1.807) is 24.3 Å². The Morgan fingerprint density at radius 3 is 1.44 bits per heavy atom. The Labute approximate surface area is 190 Å². The van der Waals surface area contributed by atoms with Gasteiger partial charge in [-0.3, -0.25) is 4.52 Å². The molecule has 0 heterocycles. The first-order valence-corrected chi connectivity index (χ1v) is 13.8. The zero-order valence-corrected chi connectivity index (χ0v) is 20.2. The molecule has 0 amide bonds.